The van der Waals surface area contributed by atoms with Gasteiger partial charge in [-0.05, 0) is 80.1 Å². The highest BCUT2D eigenvalue weighted by atomic mass is 16.1. The number of carbonyl (C=O) groups is 1. The molecule has 1 atom stereocenters. The van der Waals surface area contributed by atoms with E-state index in [-0.39, 0.29) is 5.91 Å². The van der Waals surface area contributed by atoms with Crippen molar-refractivity contribution in [2.24, 2.45) is 0 Å². The molecule has 3 aromatic carbocycles. The maximum Gasteiger partial charge on any atom is 0.255 e. The fourth-order valence-corrected chi connectivity index (χ4v) is 4.91. The number of unbranched alkanes of at least 4 members (excludes halogenated alkanes) is 1. The lowest BCUT2D eigenvalue weighted by atomic mass is 9.89. The van der Waals surface area contributed by atoms with Gasteiger partial charge in [0, 0.05) is 33.5 Å². The highest BCUT2D eigenvalue weighted by molar-refractivity contribution is 6.10. The predicted octanol–water partition coefficient (Wildman–Crippen LogP) is 9.11. The fourth-order valence-electron chi connectivity index (χ4n) is 4.91. The van der Waals surface area contributed by atoms with Crippen LogP contribution in [0.25, 0.3) is 10.9 Å². The van der Waals surface area contributed by atoms with E-state index in [1.54, 1.807) is 0 Å². The third kappa shape index (κ3) is 5.99. The fraction of sp³-hybridized carbons (Fsp3) is 0.344. The van der Waals surface area contributed by atoms with Crippen LogP contribution in [0.3, 0.4) is 0 Å². The van der Waals surface area contributed by atoms with Crippen molar-refractivity contribution in [2.45, 2.75) is 72.1 Å². The largest absolute Gasteiger partial charge is 0.357 e. The number of rotatable bonds is 11. The Morgan fingerprint density at radius 3 is 2.25 bits per heavy atom. The zero-order valence-corrected chi connectivity index (χ0v) is 22.1. The first-order valence-electron chi connectivity index (χ1n) is 13.4. The molecule has 0 aliphatic rings. The third-order valence-corrected chi connectivity index (χ3v) is 7.00. The molecule has 0 radical (unpaired) electrons. The summed E-state index contributed by atoms with van der Waals surface area (Å²) in [5, 5.41) is 7.68. The van der Waals surface area contributed by atoms with Crippen LogP contribution in [0.4, 0.5) is 17.1 Å². The molecule has 1 aromatic heterocycles. The molecule has 1 amide bonds. The molecular formula is C32H39N3O. The number of fused-ring (bicyclic) bond motifs is 1. The minimum atomic E-state index is -0.0698. The maximum atomic E-state index is 13.2. The Morgan fingerprint density at radius 1 is 0.861 bits per heavy atom. The molecule has 0 saturated heterocycles. The second-order valence-electron chi connectivity index (χ2n) is 9.79. The Hall–Kier alpha value is -3.53. The average molecular weight is 482 g/mol. The van der Waals surface area contributed by atoms with Gasteiger partial charge in [0.05, 0.1) is 5.69 Å². The summed E-state index contributed by atoms with van der Waals surface area (Å²) >= 11 is 0. The molecule has 4 nitrogen and oxygen atoms in total. The standard InChI is InChI=1S/C32H39N3O/c1-5-8-10-23(9-6-2)24-13-15-25(16-14-24)32(36)35-31-28-20-19-27(21-30(28)34-29(31)7-3)33-26-17-11-22(4)12-18-26/h11-21,23,33-34H,5-10H2,1-4H3,(H,35,36). The molecule has 0 aliphatic heterocycles. The number of hydrogen-bond acceptors (Lipinski definition) is 2. The summed E-state index contributed by atoms with van der Waals surface area (Å²) in [6, 6.07) is 22.8. The van der Waals surface area contributed by atoms with Gasteiger partial charge < -0.3 is 15.6 Å². The van der Waals surface area contributed by atoms with Crippen molar-refractivity contribution >= 4 is 33.9 Å². The van der Waals surface area contributed by atoms with Gasteiger partial charge in [-0.15, -0.1) is 0 Å². The first-order chi connectivity index (χ1) is 17.5. The molecule has 4 aromatic rings. The summed E-state index contributed by atoms with van der Waals surface area (Å²) in [7, 11) is 0. The molecule has 0 aliphatic carbocycles. The molecule has 0 fully saturated rings. The second kappa shape index (κ2) is 11.9. The highest BCUT2D eigenvalue weighted by Crippen LogP contribution is 2.32. The Bertz CT molecular complexity index is 1290. The van der Waals surface area contributed by atoms with Crippen molar-refractivity contribution in [3.05, 3.63) is 89.1 Å². The van der Waals surface area contributed by atoms with Crippen LogP contribution in [0.2, 0.25) is 0 Å². The zero-order valence-electron chi connectivity index (χ0n) is 22.1. The van der Waals surface area contributed by atoms with Crippen molar-refractivity contribution in [1.29, 1.82) is 0 Å². The predicted molar refractivity (Wildman–Crippen MR) is 154 cm³/mol. The number of aryl methyl sites for hydroxylation is 2. The van der Waals surface area contributed by atoms with Crippen molar-refractivity contribution in [3.63, 3.8) is 0 Å². The summed E-state index contributed by atoms with van der Waals surface area (Å²) in [5.74, 6) is 0.509. The van der Waals surface area contributed by atoms with Gasteiger partial charge in [0.1, 0.15) is 0 Å². The first kappa shape index (κ1) is 25.6. The summed E-state index contributed by atoms with van der Waals surface area (Å²) in [4.78, 5) is 16.7. The number of hydrogen-bond donors (Lipinski definition) is 3. The molecule has 4 rings (SSSR count). The quantitative estimate of drug-likeness (QED) is 0.200. The number of amides is 1. The van der Waals surface area contributed by atoms with Crippen molar-refractivity contribution in [1.82, 2.24) is 4.98 Å². The smallest absolute Gasteiger partial charge is 0.255 e. The van der Waals surface area contributed by atoms with Crippen LogP contribution in [-0.2, 0) is 6.42 Å². The lowest BCUT2D eigenvalue weighted by Crippen LogP contribution is -2.13. The normalized spacial score (nSPS) is 12.0. The molecule has 0 bridgehead atoms. The topological polar surface area (TPSA) is 56.9 Å². The molecule has 0 spiro atoms. The SMILES string of the molecule is CCCCC(CCC)c1ccc(C(=O)Nc2c(CC)[nH]c3cc(Nc4ccc(C)cc4)ccc23)cc1. The lowest BCUT2D eigenvalue weighted by molar-refractivity contribution is 0.102. The summed E-state index contributed by atoms with van der Waals surface area (Å²) < 4.78 is 0. The molecule has 4 heteroatoms. The summed E-state index contributed by atoms with van der Waals surface area (Å²) in [6.45, 7) is 8.68. The van der Waals surface area contributed by atoms with Crippen LogP contribution in [0.5, 0.6) is 0 Å². The van der Waals surface area contributed by atoms with E-state index < -0.39 is 0 Å². The number of aromatic amines is 1. The van der Waals surface area contributed by atoms with Gasteiger partial charge in [0.15, 0.2) is 0 Å². The van der Waals surface area contributed by atoms with Crippen LogP contribution in [-0.4, -0.2) is 10.9 Å². The van der Waals surface area contributed by atoms with Gasteiger partial charge in [0.2, 0.25) is 0 Å². The molecule has 1 heterocycles. The van der Waals surface area contributed by atoms with E-state index in [1.807, 2.05) is 12.1 Å². The van der Waals surface area contributed by atoms with Crippen LogP contribution in [0, 0.1) is 6.92 Å². The molecule has 1 unspecified atom stereocenters. The minimum absolute atomic E-state index is 0.0698. The van der Waals surface area contributed by atoms with Crippen molar-refractivity contribution in [3.8, 4) is 0 Å². The van der Waals surface area contributed by atoms with Crippen LogP contribution in [0.15, 0.2) is 66.7 Å². The number of benzene rings is 3. The summed E-state index contributed by atoms with van der Waals surface area (Å²) in [6.07, 6.45) is 6.86. The van der Waals surface area contributed by atoms with Gasteiger partial charge >= 0.3 is 0 Å². The van der Waals surface area contributed by atoms with Gasteiger partial charge in [-0.25, -0.2) is 0 Å². The Labute approximate surface area is 215 Å². The third-order valence-electron chi connectivity index (χ3n) is 7.00. The zero-order chi connectivity index (χ0) is 25.5. The van der Waals surface area contributed by atoms with E-state index in [1.165, 1.54) is 43.2 Å². The Kier molecular flexibility index (Phi) is 8.48. The Balaban J connectivity index is 1.52. The molecule has 188 valence electrons. The van der Waals surface area contributed by atoms with Gasteiger partial charge in [-0.1, -0.05) is 69.9 Å². The molecular weight excluding hydrogens is 442 g/mol. The van der Waals surface area contributed by atoms with Crippen LogP contribution >= 0.6 is 0 Å². The van der Waals surface area contributed by atoms with E-state index in [0.29, 0.717) is 11.5 Å². The first-order valence-corrected chi connectivity index (χ1v) is 13.4. The van der Waals surface area contributed by atoms with E-state index in [0.717, 1.165) is 40.1 Å². The second-order valence-corrected chi connectivity index (χ2v) is 9.79. The van der Waals surface area contributed by atoms with E-state index in [2.05, 4.69) is 97.9 Å². The average Bonchev–Trinajstić information content (AvgIpc) is 3.24. The van der Waals surface area contributed by atoms with Crippen molar-refractivity contribution in [2.75, 3.05) is 10.6 Å². The van der Waals surface area contributed by atoms with Gasteiger partial charge in [-0.3, -0.25) is 4.79 Å². The monoisotopic (exact) mass is 481 g/mol. The van der Waals surface area contributed by atoms with Gasteiger partial charge in [0.25, 0.3) is 5.91 Å². The lowest BCUT2D eigenvalue weighted by Gasteiger charge is -2.17. The van der Waals surface area contributed by atoms with Crippen molar-refractivity contribution < 1.29 is 4.79 Å². The Morgan fingerprint density at radius 2 is 1.58 bits per heavy atom. The van der Waals surface area contributed by atoms with Crippen LogP contribution < -0.4 is 10.6 Å². The molecule has 0 saturated carbocycles. The highest BCUT2D eigenvalue weighted by Gasteiger charge is 2.16. The van der Waals surface area contributed by atoms with Crippen LogP contribution in [0.1, 0.15) is 86.0 Å². The van der Waals surface area contributed by atoms with Gasteiger partial charge in [-0.2, -0.15) is 0 Å². The molecule has 36 heavy (non-hydrogen) atoms. The van der Waals surface area contributed by atoms with E-state index in [9.17, 15) is 4.79 Å². The number of aromatic nitrogens is 1. The maximum absolute atomic E-state index is 13.2. The van der Waals surface area contributed by atoms with E-state index in [4.69, 9.17) is 0 Å². The molecule has 3 N–H and O–H groups in total. The number of anilines is 3. The number of carbonyl (C=O) groups excluding carboxylic acids is 1. The summed E-state index contributed by atoms with van der Waals surface area (Å²) in [5.41, 5.74) is 8.24. The number of H-pyrrole nitrogens is 1. The van der Waals surface area contributed by atoms with E-state index >= 15 is 0 Å². The minimum Gasteiger partial charge on any atom is -0.357 e. The number of nitrogens with one attached hydrogen (secondary N) is 3.